The van der Waals surface area contributed by atoms with E-state index < -0.39 is 0 Å². The summed E-state index contributed by atoms with van der Waals surface area (Å²) in [5.74, 6) is 3.31. The Balaban J connectivity index is 0.939. The average molecular weight is 504 g/mol. The summed E-state index contributed by atoms with van der Waals surface area (Å²) in [7, 11) is 4.03. The average Bonchev–Trinajstić information content (AvgIpc) is 2.89. The van der Waals surface area contributed by atoms with Crippen LogP contribution in [0.1, 0.15) is 64.2 Å². The fourth-order valence-corrected chi connectivity index (χ4v) is 6.97. The summed E-state index contributed by atoms with van der Waals surface area (Å²) in [6, 6.07) is 15.7. The molecule has 4 fully saturated rings. The van der Waals surface area contributed by atoms with E-state index in [4.69, 9.17) is 9.47 Å². The van der Waals surface area contributed by atoms with Gasteiger partial charge in [-0.25, -0.2) is 0 Å². The normalized spacial score (nSPS) is 25.9. The Hall–Kier alpha value is -2.89. The van der Waals surface area contributed by atoms with Gasteiger partial charge in [0.05, 0.1) is 30.0 Å². The van der Waals surface area contributed by atoms with Gasteiger partial charge in [-0.05, 0) is 130 Å². The summed E-state index contributed by atoms with van der Waals surface area (Å²) in [6.07, 6.45) is 11.4. The fourth-order valence-electron chi connectivity index (χ4n) is 6.97. The van der Waals surface area contributed by atoms with Crippen LogP contribution in [0.25, 0.3) is 0 Å². The molecule has 0 unspecified atom stereocenters. The number of nitrogens with zero attached hydrogens (tertiary/aromatic N) is 3. The maximum atomic E-state index is 12.9. The minimum absolute atomic E-state index is 0.111. The summed E-state index contributed by atoms with van der Waals surface area (Å²) in [5.41, 5.74) is 2.63. The number of hydrogen-bond acceptors (Lipinski definition) is 6. The lowest BCUT2D eigenvalue weighted by Gasteiger charge is -2.55. The first-order valence-electron chi connectivity index (χ1n) is 14.1. The summed E-state index contributed by atoms with van der Waals surface area (Å²) in [4.78, 5) is 15.0. The standard InChI is InChI=1S/C31H41N3O3/c1-34(2)28-11-7-26(8-12-28)32-33-27-9-13-29(14-10-27)36-15-5-3-4-6-16-37-30(35)31-20-23-17-24(21-31)19-25(18-23)22-31/h7-14,23-25H,3-6,15-22H2,1-2H3. The molecular formula is C31H41N3O3. The number of ether oxygens (including phenoxy) is 2. The summed E-state index contributed by atoms with van der Waals surface area (Å²) in [6.45, 7) is 1.25. The Morgan fingerprint density at radius 2 is 1.30 bits per heavy atom. The highest BCUT2D eigenvalue weighted by Gasteiger charge is 2.55. The number of carbonyl (C=O) groups is 1. The lowest BCUT2D eigenvalue weighted by atomic mass is 9.49. The third kappa shape index (κ3) is 6.52. The van der Waals surface area contributed by atoms with E-state index in [0.29, 0.717) is 13.2 Å². The minimum atomic E-state index is -0.128. The molecule has 6 nitrogen and oxygen atoms in total. The Morgan fingerprint density at radius 3 is 1.84 bits per heavy atom. The molecule has 2 aromatic carbocycles. The second-order valence-corrected chi connectivity index (χ2v) is 11.7. The number of anilines is 1. The molecular weight excluding hydrogens is 462 g/mol. The molecule has 198 valence electrons. The number of azo groups is 1. The quantitative estimate of drug-likeness (QED) is 0.168. The van der Waals surface area contributed by atoms with E-state index in [-0.39, 0.29) is 11.4 Å². The molecule has 0 atom stereocenters. The first kappa shape index (κ1) is 25.7. The van der Waals surface area contributed by atoms with Gasteiger partial charge in [0, 0.05) is 19.8 Å². The van der Waals surface area contributed by atoms with Crippen LogP contribution in [0.15, 0.2) is 58.8 Å². The topological polar surface area (TPSA) is 63.5 Å². The molecule has 0 aliphatic heterocycles. The lowest BCUT2D eigenvalue weighted by molar-refractivity contribution is -0.171. The molecule has 2 aromatic rings. The van der Waals surface area contributed by atoms with Crippen molar-refractivity contribution in [2.75, 3.05) is 32.2 Å². The van der Waals surface area contributed by atoms with E-state index in [0.717, 1.165) is 85.5 Å². The van der Waals surface area contributed by atoms with Crippen LogP contribution in [-0.2, 0) is 9.53 Å². The lowest BCUT2D eigenvalue weighted by Crippen LogP contribution is -2.50. The van der Waals surface area contributed by atoms with Crippen molar-refractivity contribution in [3.8, 4) is 5.75 Å². The molecule has 37 heavy (non-hydrogen) atoms. The predicted molar refractivity (Wildman–Crippen MR) is 147 cm³/mol. The van der Waals surface area contributed by atoms with Crippen LogP contribution >= 0.6 is 0 Å². The SMILES string of the molecule is CN(C)c1ccc(N=Nc2ccc(OCCCCCCOC(=O)C34CC5CC(CC(C5)C3)C4)cc2)cc1. The molecule has 0 saturated heterocycles. The van der Waals surface area contributed by atoms with Gasteiger partial charge in [-0.2, -0.15) is 10.2 Å². The van der Waals surface area contributed by atoms with Crippen molar-refractivity contribution in [2.24, 2.45) is 33.4 Å². The molecule has 0 aromatic heterocycles. The van der Waals surface area contributed by atoms with Crippen LogP contribution in [0.4, 0.5) is 17.1 Å². The molecule has 6 rings (SSSR count). The van der Waals surface area contributed by atoms with Crippen LogP contribution in [0.5, 0.6) is 5.75 Å². The molecule has 0 amide bonds. The van der Waals surface area contributed by atoms with Crippen LogP contribution in [-0.4, -0.2) is 33.3 Å². The van der Waals surface area contributed by atoms with Gasteiger partial charge in [0.25, 0.3) is 0 Å². The molecule has 0 radical (unpaired) electrons. The van der Waals surface area contributed by atoms with Gasteiger partial charge in [0.2, 0.25) is 0 Å². The third-order valence-electron chi connectivity index (χ3n) is 8.50. The summed E-state index contributed by atoms with van der Waals surface area (Å²) < 4.78 is 11.7. The molecule has 0 spiro atoms. The van der Waals surface area contributed by atoms with Gasteiger partial charge in [0.1, 0.15) is 5.75 Å². The van der Waals surface area contributed by atoms with Crippen molar-refractivity contribution in [1.82, 2.24) is 0 Å². The van der Waals surface area contributed by atoms with E-state index in [1.807, 2.05) is 62.6 Å². The number of benzene rings is 2. The van der Waals surface area contributed by atoms with Crippen LogP contribution in [0.2, 0.25) is 0 Å². The van der Waals surface area contributed by atoms with E-state index in [1.54, 1.807) is 0 Å². The molecule has 0 heterocycles. The van der Waals surface area contributed by atoms with Crippen molar-refractivity contribution in [3.63, 3.8) is 0 Å². The van der Waals surface area contributed by atoms with Crippen molar-refractivity contribution in [3.05, 3.63) is 48.5 Å². The summed E-state index contributed by atoms with van der Waals surface area (Å²) >= 11 is 0. The zero-order valence-corrected chi connectivity index (χ0v) is 22.4. The maximum Gasteiger partial charge on any atom is 0.312 e. The highest BCUT2D eigenvalue weighted by molar-refractivity contribution is 5.77. The van der Waals surface area contributed by atoms with Crippen LogP contribution in [0.3, 0.4) is 0 Å². The van der Waals surface area contributed by atoms with Crippen molar-refractivity contribution >= 4 is 23.0 Å². The van der Waals surface area contributed by atoms with Gasteiger partial charge in [-0.1, -0.05) is 0 Å². The minimum Gasteiger partial charge on any atom is -0.494 e. The molecule has 4 bridgehead atoms. The molecule has 4 aliphatic rings. The first-order valence-corrected chi connectivity index (χ1v) is 14.1. The first-order chi connectivity index (χ1) is 18.0. The van der Waals surface area contributed by atoms with Gasteiger partial charge in [0.15, 0.2) is 0 Å². The molecule has 6 heteroatoms. The van der Waals surface area contributed by atoms with Gasteiger partial charge in [-0.15, -0.1) is 0 Å². The van der Waals surface area contributed by atoms with E-state index in [9.17, 15) is 4.79 Å². The van der Waals surface area contributed by atoms with Gasteiger partial charge < -0.3 is 14.4 Å². The monoisotopic (exact) mass is 503 g/mol. The van der Waals surface area contributed by atoms with Crippen LogP contribution in [0, 0.1) is 23.2 Å². The zero-order valence-electron chi connectivity index (χ0n) is 22.4. The number of rotatable bonds is 12. The van der Waals surface area contributed by atoms with E-state index >= 15 is 0 Å². The third-order valence-corrected chi connectivity index (χ3v) is 8.50. The fraction of sp³-hybridized carbons (Fsp3) is 0.581. The second-order valence-electron chi connectivity index (χ2n) is 11.7. The number of carbonyl (C=O) groups excluding carboxylic acids is 1. The zero-order chi connectivity index (χ0) is 25.7. The number of esters is 1. The molecule has 0 N–H and O–H groups in total. The van der Waals surface area contributed by atoms with Gasteiger partial charge in [-0.3, -0.25) is 4.79 Å². The van der Waals surface area contributed by atoms with Crippen molar-refractivity contribution in [2.45, 2.75) is 64.2 Å². The Bertz CT molecular complexity index is 1030. The van der Waals surface area contributed by atoms with Crippen molar-refractivity contribution < 1.29 is 14.3 Å². The highest BCUT2D eigenvalue weighted by atomic mass is 16.5. The van der Waals surface area contributed by atoms with Crippen LogP contribution < -0.4 is 9.64 Å². The largest absolute Gasteiger partial charge is 0.494 e. The summed E-state index contributed by atoms with van der Waals surface area (Å²) in [5, 5.41) is 8.62. The second kappa shape index (κ2) is 11.7. The predicted octanol–water partition coefficient (Wildman–Crippen LogP) is 7.87. The van der Waals surface area contributed by atoms with Gasteiger partial charge >= 0.3 is 5.97 Å². The van der Waals surface area contributed by atoms with E-state index in [2.05, 4.69) is 15.1 Å². The Labute approximate surface area is 221 Å². The maximum absolute atomic E-state index is 12.9. The number of hydrogen-bond donors (Lipinski definition) is 0. The number of unbranched alkanes of at least 4 members (excludes halogenated alkanes) is 3. The highest BCUT2D eigenvalue weighted by Crippen LogP contribution is 2.60. The Kier molecular flexibility index (Phi) is 8.11. The van der Waals surface area contributed by atoms with Crippen molar-refractivity contribution in [1.29, 1.82) is 0 Å². The Morgan fingerprint density at radius 1 is 0.784 bits per heavy atom. The smallest absolute Gasteiger partial charge is 0.312 e. The molecule has 4 aliphatic carbocycles. The van der Waals surface area contributed by atoms with E-state index in [1.165, 1.54) is 19.3 Å². The molecule has 4 saturated carbocycles.